The Morgan fingerprint density at radius 1 is 1.22 bits per heavy atom. The number of carbonyl (C=O) groups is 3. The number of benzene rings is 1. The predicted molar refractivity (Wildman–Crippen MR) is 106 cm³/mol. The third kappa shape index (κ3) is 4.44. The molecular formula is C19H25N3O4S. The Hall–Kier alpha value is -2.06. The van der Waals surface area contributed by atoms with Crippen LogP contribution >= 0.6 is 11.8 Å². The van der Waals surface area contributed by atoms with E-state index in [0.717, 1.165) is 36.2 Å². The molecule has 0 unspecified atom stereocenters. The third-order valence-corrected chi connectivity index (χ3v) is 5.73. The van der Waals surface area contributed by atoms with Crippen LogP contribution in [0, 0.1) is 0 Å². The van der Waals surface area contributed by atoms with Crippen LogP contribution in [0.15, 0.2) is 12.1 Å². The van der Waals surface area contributed by atoms with Crippen molar-refractivity contribution in [2.24, 2.45) is 0 Å². The second kappa shape index (κ2) is 7.90. The zero-order chi connectivity index (χ0) is 19.6. The molecule has 0 spiro atoms. The number of aryl methyl sites for hydroxylation is 2. The Kier molecular flexibility index (Phi) is 5.76. The van der Waals surface area contributed by atoms with E-state index >= 15 is 0 Å². The summed E-state index contributed by atoms with van der Waals surface area (Å²) in [5, 5.41) is 15.2. The van der Waals surface area contributed by atoms with Crippen molar-refractivity contribution in [1.82, 2.24) is 5.32 Å². The zero-order valence-electron chi connectivity index (χ0n) is 15.6. The van der Waals surface area contributed by atoms with Gasteiger partial charge in [0.05, 0.1) is 11.3 Å². The minimum Gasteiger partial charge on any atom is -0.387 e. The Morgan fingerprint density at radius 3 is 2.63 bits per heavy atom. The SMILES string of the molecule is CSC[C@@](C)(O)CNC(=O)C(=O)Nc1cc2c3c(c1)CCC(=O)N3CCC2. The topological polar surface area (TPSA) is 98.7 Å². The minimum atomic E-state index is -1.07. The first-order valence-electron chi connectivity index (χ1n) is 9.07. The van der Waals surface area contributed by atoms with E-state index in [-0.39, 0.29) is 12.5 Å². The molecule has 0 fully saturated rings. The number of hydrogen-bond acceptors (Lipinski definition) is 5. The fourth-order valence-corrected chi connectivity index (χ4v) is 4.35. The monoisotopic (exact) mass is 391 g/mol. The highest BCUT2D eigenvalue weighted by atomic mass is 32.2. The molecule has 0 saturated carbocycles. The predicted octanol–water partition coefficient (Wildman–Crippen LogP) is 1.08. The smallest absolute Gasteiger partial charge is 0.313 e. The van der Waals surface area contributed by atoms with Gasteiger partial charge >= 0.3 is 11.8 Å². The highest BCUT2D eigenvalue weighted by molar-refractivity contribution is 7.98. The fraction of sp³-hybridized carbons (Fsp3) is 0.526. The maximum Gasteiger partial charge on any atom is 0.313 e. The number of nitrogens with zero attached hydrogens (tertiary/aromatic N) is 1. The highest BCUT2D eigenvalue weighted by Crippen LogP contribution is 2.37. The van der Waals surface area contributed by atoms with Gasteiger partial charge in [-0.1, -0.05) is 0 Å². The summed E-state index contributed by atoms with van der Waals surface area (Å²) in [6.07, 6.45) is 4.71. The number of aliphatic hydroxyl groups is 1. The third-order valence-electron chi connectivity index (χ3n) is 4.82. The quantitative estimate of drug-likeness (QED) is 0.653. The number of thioether (sulfide) groups is 1. The summed E-state index contributed by atoms with van der Waals surface area (Å²) >= 11 is 1.46. The van der Waals surface area contributed by atoms with Crippen molar-refractivity contribution in [2.45, 2.75) is 38.2 Å². The largest absolute Gasteiger partial charge is 0.387 e. The second-order valence-corrected chi connectivity index (χ2v) is 8.22. The van der Waals surface area contributed by atoms with Crippen molar-refractivity contribution in [3.8, 4) is 0 Å². The molecule has 7 nitrogen and oxygen atoms in total. The Bertz CT molecular complexity index is 761. The first-order valence-corrected chi connectivity index (χ1v) is 10.5. The Morgan fingerprint density at radius 2 is 1.93 bits per heavy atom. The van der Waals surface area contributed by atoms with Gasteiger partial charge in [-0.25, -0.2) is 0 Å². The van der Waals surface area contributed by atoms with Crippen molar-refractivity contribution in [1.29, 1.82) is 0 Å². The molecule has 146 valence electrons. The van der Waals surface area contributed by atoms with E-state index < -0.39 is 17.4 Å². The molecule has 1 aromatic carbocycles. The minimum absolute atomic E-state index is 0.00655. The van der Waals surface area contributed by atoms with Gasteiger partial charge in [-0.2, -0.15) is 11.8 Å². The molecule has 3 N–H and O–H groups in total. The van der Waals surface area contributed by atoms with Crippen molar-refractivity contribution < 1.29 is 19.5 Å². The molecular weight excluding hydrogens is 366 g/mol. The molecule has 0 radical (unpaired) electrons. The Labute approximate surface area is 162 Å². The summed E-state index contributed by atoms with van der Waals surface area (Å²) in [7, 11) is 0. The average Bonchev–Trinajstić information content (AvgIpc) is 2.62. The maximum absolute atomic E-state index is 12.2. The van der Waals surface area contributed by atoms with Crippen LogP contribution in [0.5, 0.6) is 0 Å². The van der Waals surface area contributed by atoms with Gasteiger partial charge in [0.1, 0.15) is 0 Å². The lowest BCUT2D eigenvalue weighted by molar-refractivity contribution is -0.136. The summed E-state index contributed by atoms with van der Waals surface area (Å²) < 4.78 is 0. The van der Waals surface area contributed by atoms with E-state index in [2.05, 4.69) is 10.6 Å². The number of anilines is 2. The molecule has 8 heteroatoms. The van der Waals surface area contributed by atoms with Crippen LogP contribution in [0.3, 0.4) is 0 Å². The van der Waals surface area contributed by atoms with Gasteiger partial charge in [0.2, 0.25) is 5.91 Å². The number of carbonyl (C=O) groups excluding carboxylic acids is 3. The van der Waals surface area contributed by atoms with E-state index in [9.17, 15) is 19.5 Å². The first-order chi connectivity index (χ1) is 12.8. The molecule has 0 saturated heterocycles. The molecule has 3 amide bonds. The summed E-state index contributed by atoms with van der Waals surface area (Å²) in [5.41, 5.74) is 2.54. The summed E-state index contributed by atoms with van der Waals surface area (Å²) in [5.74, 6) is -0.934. The summed E-state index contributed by atoms with van der Waals surface area (Å²) in [4.78, 5) is 38.2. The van der Waals surface area contributed by atoms with Gasteiger partial charge in [0.15, 0.2) is 0 Å². The van der Waals surface area contributed by atoms with E-state index in [1.54, 1.807) is 6.92 Å². The molecule has 2 aliphatic heterocycles. The first kappa shape index (κ1) is 19.7. The average molecular weight is 391 g/mol. The molecule has 2 aliphatic rings. The van der Waals surface area contributed by atoms with Gasteiger partial charge in [-0.05, 0) is 55.7 Å². The van der Waals surface area contributed by atoms with Crippen molar-refractivity contribution >= 4 is 40.9 Å². The molecule has 0 aromatic heterocycles. The lowest BCUT2D eigenvalue weighted by Gasteiger charge is -2.35. The number of nitrogens with one attached hydrogen (secondary N) is 2. The number of hydrogen-bond donors (Lipinski definition) is 3. The number of rotatable bonds is 5. The molecule has 1 aromatic rings. The van der Waals surface area contributed by atoms with Crippen LogP contribution < -0.4 is 15.5 Å². The van der Waals surface area contributed by atoms with Gasteiger partial charge in [-0.15, -0.1) is 0 Å². The van der Waals surface area contributed by atoms with Crippen LogP contribution in [0.25, 0.3) is 0 Å². The summed E-state index contributed by atoms with van der Waals surface area (Å²) in [6, 6.07) is 3.69. The van der Waals surface area contributed by atoms with Gasteiger partial charge in [0, 0.05) is 31.0 Å². The van der Waals surface area contributed by atoms with E-state index in [1.165, 1.54) is 11.8 Å². The maximum atomic E-state index is 12.2. The lowest BCUT2D eigenvalue weighted by Crippen LogP contribution is -2.46. The molecule has 3 rings (SSSR count). The van der Waals surface area contributed by atoms with Crippen LogP contribution in [0.1, 0.15) is 30.9 Å². The molecule has 27 heavy (non-hydrogen) atoms. The Balaban J connectivity index is 1.68. The van der Waals surface area contributed by atoms with Crippen molar-refractivity contribution in [2.75, 3.05) is 35.3 Å². The van der Waals surface area contributed by atoms with Crippen molar-refractivity contribution in [3.63, 3.8) is 0 Å². The van der Waals surface area contributed by atoms with Crippen LogP contribution in [-0.2, 0) is 27.2 Å². The highest BCUT2D eigenvalue weighted by Gasteiger charge is 2.30. The zero-order valence-corrected chi connectivity index (χ0v) is 16.4. The molecule has 0 aliphatic carbocycles. The fourth-order valence-electron chi connectivity index (χ4n) is 3.63. The lowest BCUT2D eigenvalue weighted by atomic mass is 9.91. The molecule has 2 heterocycles. The van der Waals surface area contributed by atoms with Gasteiger partial charge < -0.3 is 20.6 Å². The van der Waals surface area contributed by atoms with E-state index in [0.29, 0.717) is 24.3 Å². The van der Waals surface area contributed by atoms with Crippen molar-refractivity contribution in [3.05, 3.63) is 23.3 Å². The molecule has 0 bridgehead atoms. The second-order valence-electron chi connectivity index (χ2n) is 7.36. The van der Waals surface area contributed by atoms with E-state index in [4.69, 9.17) is 0 Å². The standard InChI is InChI=1S/C19H25N3O4S/c1-19(26,11-27-2)10-20-17(24)18(25)21-14-8-12-4-3-7-22-15(23)6-5-13(9-14)16(12)22/h8-9,26H,3-7,10-11H2,1-2H3,(H,20,24)(H,21,25)/t19-/m0/s1. The summed E-state index contributed by atoms with van der Waals surface area (Å²) in [6.45, 7) is 2.36. The van der Waals surface area contributed by atoms with Crippen LogP contribution in [0.2, 0.25) is 0 Å². The van der Waals surface area contributed by atoms with Gasteiger partial charge in [-0.3, -0.25) is 14.4 Å². The van der Waals surface area contributed by atoms with Gasteiger partial charge in [0.25, 0.3) is 0 Å². The molecule has 1 atom stereocenters. The number of amides is 3. The van der Waals surface area contributed by atoms with Crippen LogP contribution in [0.4, 0.5) is 11.4 Å². The van der Waals surface area contributed by atoms with E-state index in [1.807, 2.05) is 23.3 Å². The normalized spacial score (nSPS) is 17.7. The van der Waals surface area contributed by atoms with Crippen LogP contribution in [-0.4, -0.2) is 53.5 Å².